The molecular formula is C29H28O8S. The maximum absolute atomic E-state index is 13.1. The summed E-state index contributed by atoms with van der Waals surface area (Å²) >= 11 is 0. The van der Waals surface area contributed by atoms with Gasteiger partial charge in [0.1, 0.15) is 10.6 Å². The van der Waals surface area contributed by atoms with E-state index in [1.54, 1.807) is 30.3 Å². The number of carbonyl (C=O) groups is 2. The van der Waals surface area contributed by atoms with Crippen molar-refractivity contribution in [3.8, 4) is 5.75 Å². The molecule has 5 rings (SSSR count). The molecule has 38 heavy (non-hydrogen) atoms. The zero-order valence-electron chi connectivity index (χ0n) is 21.1. The molecule has 0 aromatic heterocycles. The van der Waals surface area contributed by atoms with Crippen LogP contribution in [-0.4, -0.2) is 40.7 Å². The Morgan fingerprint density at radius 1 is 1.03 bits per heavy atom. The van der Waals surface area contributed by atoms with Crippen LogP contribution in [0.3, 0.4) is 0 Å². The summed E-state index contributed by atoms with van der Waals surface area (Å²) < 4.78 is 47.5. The van der Waals surface area contributed by atoms with Gasteiger partial charge in [-0.3, -0.25) is 9.59 Å². The molecule has 0 amide bonds. The van der Waals surface area contributed by atoms with Crippen molar-refractivity contribution in [2.75, 3.05) is 20.3 Å². The van der Waals surface area contributed by atoms with Crippen LogP contribution in [0.15, 0.2) is 83.8 Å². The number of cyclic esters (lactones) is 1. The summed E-state index contributed by atoms with van der Waals surface area (Å²) in [6.07, 6.45) is 0.322. The largest absolute Gasteiger partial charge is 0.468 e. The third kappa shape index (κ3) is 4.16. The molecular weight excluding hydrogens is 508 g/mol. The van der Waals surface area contributed by atoms with Crippen molar-refractivity contribution in [3.05, 3.63) is 95.6 Å². The van der Waals surface area contributed by atoms with E-state index < -0.39 is 38.8 Å². The number of carbonyl (C=O) groups excluding carboxylic acids is 2. The predicted molar refractivity (Wildman–Crippen MR) is 137 cm³/mol. The van der Waals surface area contributed by atoms with E-state index in [1.165, 1.54) is 25.3 Å². The zero-order valence-corrected chi connectivity index (χ0v) is 21.9. The first-order valence-electron chi connectivity index (χ1n) is 12.2. The highest BCUT2D eigenvalue weighted by Gasteiger charge is 2.89. The summed E-state index contributed by atoms with van der Waals surface area (Å²) in [6, 6.07) is 22.5. The average Bonchev–Trinajstić information content (AvgIpc) is 3.36. The van der Waals surface area contributed by atoms with E-state index in [-0.39, 0.29) is 23.9 Å². The predicted octanol–water partition coefficient (Wildman–Crippen LogP) is 3.95. The highest BCUT2D eigenvalue weighted by Crippen LogP contribution is 2.75. The van der Waals surface area contributed by atoms with E-state index in [0.717, 1.165) is 11.1 Å². The number of fused-ring (bicyclic) bond motifs is 1. The van der Waals surface area contributed by atoms with Gasteiger partial charge in [-0.15, -0.1) is 0 Å². The third-order valence-electron chi connectivity index (χ3n) is 7.57. The topological polar surface area (TPSA) is 105 Å². The molecule has 0 N–H and O–H groups in total. The van der Waals surface area contributed by atoms with Gasteiger partial charge in [0, 0.05) is 17.9 Å². The van der Waals surface area contributed by atoms with Crippen LogP contribution in [0.25, 0.3) is 0 Å². The Labute approximate surface area is 221 Å². The Morgan fingerprint density at radius 2 is 1.76 bits per heavy atom. The molecule has 9 heteroatoms. The quantitative estimate of drug-likeness (QED) is 0.166. The number of methoxy groups -OCH3 is 1. The lowest BCUT2D eigenvalue weighted by Gasteiger charge is -2.25. The Bertz CT molecular complexity index is 1450. The molecule has 1 saturated heterocycles. The van der Waals surface area contributed by atoms with Gasteiger partial charge in [-0.1, -0.05) is 60.2 Å². The molecule has 1 saturated carbocycles. The lowest BCUT2D eigenvalue weighted by molar-refractivity contribution is -0.160. The molecule has 1 heterocycles. The van der Waals surface area contributed by atoms with E-state index in [1.807, 2.05) is 37.3 Å². The van der Waals surface area contributed by atoms with Crippen molar-refractivity contribution in [1.82, 2.24) is 0 Å². The Morgan fingerprint density at radius 3 is 2.47 bits per heavy atom. The van der Waals surface area contributed by atoms with Gasteiger partial charge in [0.25, 0.3) is 0 Å². The molecule has 0 spiro atoms. The van der Waals surface area contributed by atoms with Gasteiger partial charge in [0.15, 0.2) is 5.41 Å². The highest BCUT2D eigenvalue weighted by atomic mass is 32.2. The summed E-state index contributed by atoms with van der Waals surface area (Å²) in [5, 5.41) is 0. The van der Waals surface area contributed by atoms with Crippen LogP contribution < -0.4 is 4.18 Å². The highest BCUT2D eigenvalue weighted by molar-refractivity contribution is 7.87. The van der Waals surface area contributed by atoms with Crippen molar-refractivity contribution in [1.29, 1.82) is 0 Å². The standard InChI is InChI=1S/C29H28O8S/c1-20-11-13-24(14-12-20)38(32,33)37-23-10-6-9-22(17-23)28(15-16-35-18-21-7-4-3-5-8-21)25-19-36-27(31)29(25,28)26(30)34-2/h3-14,17,25H,15-16,18-19H2,1-2H3/t25-,28-,29-/m0/s1. The van der Waals surface area contributed by atoms with Crippen molar-refractivity contribution < 1.29 is 36.4 Å². The minimum atomic E-state index is -4.10. The van der Waals surface area contributed by atoms with E-state index >= 15 is 0 Å². The van der Waals surface area contributed by atoms with Gasteiger partial charge >= 0.3 is 22.1 Å². The number of benzene rings is 3. The number of aryl methyl sites for hydroxylation is 1. The number of hydrogen-bond acceptors (Lipinski definition) is 8. The van der Waals surface area contributed by atoms with Gasteiger partial charge in [0.05, 0.1) is 20.3 Å². The number of rotatable bonds is 10. The minimum Gasteiger partial charge on any atom is -0.468 e. The number of hydrogen-bond donors (Lipinski definition) is 0. The first-order valence-corrected chi connectivity index (χ1v) is 13.7. The second-order valence-electron chi connectivity index (χ2n) is 9.59. The van der Waals surface area contributed by atoms with Crippen molar-refractivity contribution in [2.24, 2.45) is 11.3 Å². The fraction of sp³-hybridized carbons (Fsp3) is 0.310. The summed E-state index contributed by atoms with van der Waals surface area (Å²) in [4.78, 5) is 26.1. The lowest BCUT2D eigenvalue weighted by Crippen LogP contribution is -2.36. The van der Waals surface area contributed by atoms with Crippen LogP contribution in [0.2, 0.25) is 0 Å². The van der Waals surface area contributed by atoms with E-state index in [2.05, 4.69) is 0 Å². The smallest absolute Gasteiger partial charge is 0.339 e. The van der Waals surface area contributed by atoms with Crippen LogP contribution in [0, 0.1) is 18.3 Å². The van der Waals surface area contributed by atoms with Crippen LogP contribution in [0.1, 0.15) is 23.1 Å². The molecule has 0 radical (unpaired) electrons. The molecule has 8 nitrogen and oxygen atoms in total. The molecule has 3 atom stereocenters. The second-order valence-corrected chi connectivity index (χ2v) is 11.1. The summed E-state index contributed by atoms with van der Waals surface area (Å²) in [7, 11) is -2.86. The maximum atomic E-state index is 13.1. The molecule has 1 aliphatic carbocycles. The van der Waals surface area contributed by atoms with Gasteiger partial charge < -0.3 is 18.4 Å². The third-order valence-corrected chi connectivity index (χ3v) is 8.83. The first kappa shape index (κ1) is 25.9. The Kier molecular flexibility index (Phi) is 6.75. The van der Waals surface area contributed by atoms with Crippen LogP contribution in [0.4, 0.5) is 0 Å². The zero-order chi connectivity index (χ0) is 27.0. The van der Waals surface area contributed by atoms with Crippen molar-refractivity contribution in [3.63, 3.8) is 0 Å². The lowest BCUT2D eigenvalue weighted by atomic mass is 9.82. The van der Waals surface area contributed by atoms with Gasteiger partial charge in [-0.25, -0.2) is 0 Å². The molecule has 0 unspecified atom stereocenters. The van der Waals surface area contributed by atoms with Gasteiger partial charge in [-0.2, -0.15) is 8.42 Å². The molecule has 0 bridgehead atoms. The fourth-order valence-corrected chi connectivity index (χ4v) is 6.62. The molecule has 3 aromatic carbocycles. The SMILES string of the molecule is COC(=O)[C@]12C(=O)OC[C@H]1[C@]2(CCOCc1ccccc1)c1cccc(OS(=O)(=O)c2ccc(C)cc2)c1. The van der Waals surface area contributed by atoms with Gasteiger partial charge in [0.2, 0.25) is 0 Å². The molecule has 2 fully saturated rings. The summed E-state index contributed by atoms with van der Waals surface area (Å²) in [5.41, 5.74) is -0.00532. The van der Waals surface area contributed by atoms with Crippen molar-refractivity contribution >= 4 is 22.1 Å². The monoisotopic (exact) mass is 536 g/mol. The summed E-state index contributed by atoms with van der Waals surface area (Å²) in [5.74, 6) is -1.71. The van der Waals surface area contributed by atoms with E-state index in [4.69, 9.17) is 18.4 Å². The molecule has 2 aliphatic rings. The summed E-state index contributed by atoms with van der Waals surface area (Å²) in [6.45, 7) is 2.54. The van der Waals surface area contributed by atoms with Crippen LogP contribution >= 0.6 is 0 Å². The van der Waals surface area contributed by atoms with Crippen molar-refractivity contribution in [2.45, 2.75) is 30.3 Å². The van der Waals surface area contributed by atoms with E-state index in [0.29, 0.717) is 18.6 Å². The van der Waals surface area contributed by atoms with Crippen LogP contribution in [0.5, 0.6) is 5.75 Å². The maximum Gasteiger partial charge on any atom is 0.339 e. The number of esters is 2. The average molecular weight is 537 g/mol. The molecule has 3 aromatic rings. The fourth-order valence-electron chi connectivity index (χ4n) is 5.70. The van der Waals surface area contributed by atoms with Gasteiger partial charge in [-0.05, 0) is 48.7 Å². The molecule has 198 valence electrons. The Balaban J connectivity index is 1.45. The van der Waals surface area contributed by atoms with Crippen LogP contribution in [-0.2, 0) is 45.9 Å². The van der Waals surface area contributed by atoms with E-state index in [9.17, 15) is 18.0 Å². The number of ether oxygens (including phenoxy) is 3. The normalized spacial score (nSPS) is 23.8. The second kappa shape index (κ2) is 9.89. The molecule has 1 aliphatic heterocycles. The minimum absolute atomic E-state index is 0.0235. The Hall–Kier alpha value is -3.69. The first-order chi connectivity index (χ1) is 18.3.